The standard InChI is InChI=1S/C15H21NO3/c1-11(2)18-7-8-19-15(17)14-9-12-5-3-4-6-13(12)10-16-14/h3-6,11,14,16H,7-10H2,1-2H3. The first-order chi connectivity index (χ1) is 9.16. The molecule has 4 heteroatoms. The van der Waals surface area contributed by atoms with E-state index in [-0.39, 0.29) is 18.1 Å². The summed E-state index contributed by atoms with van der Waals surface area (Å²) in [5, 5.41) is 3.21. The van der Waals surface area contributed by atoms with E-state index in [2.05, 4.69) is 17.4 Å². The highest BCUT2D eigenvalue weighted by Crippen LogP contribution is 2.16. The summed E-state index contributed by atoms with van der Waals surface area (Å²) in [4.78, 5) is 11.9. The van der Waals surface area contributed by atoms with Crippen LogP contribution in [-0.2, 0) is 27.2 Å². The Balaban J connectivity index is 1.79. The molecule has 1 aliphatic rings. The number of hydrogen-bond acceptors (Lipinski definition) is 4. The van der Waals surface area contributed by atoms with Gasteiger partial charge >= 0.3 is 5.97 Å². The molecule has 0 radical (unpaired) electrons. The predicted octanol–water partition coefficient (Wildman–Crippen LogP) is 1.67. The Bertz CT molecular complexity index is 431. The summed E-state index contributed by atoms with van der Waals surface area (Å²) in [7, 11) is 0. The van der Waals surface area contributed by atoms with Crippen LogP contribution in [0.3, 0.4) is 0 Å². The van der Waals surface area contributed by atoms with Gasteiger partial charge in [0, 0.05) is 6.54 Å². The minimum Gasteiger partial charge on any atom is -0.462 e. The highest BCUT2D eigenvalue weighted by atomic mass is 16.6. The molecule has 19 heavy (non-hydrogen) atoms. The van der Waals surface area contributed by atoms with Gasteiger partial charge in [-0.15, -0.1) is 0 Å². The highest BCUT2D eigenvalue weighted by molar-refractivity contribution is 5.76. The maximum atomic E-state index is 11.9. The molecule has 4 nitrogen and oxygen atoms in total. The van der Waals surface area contributed by atoms with Gasteiger partial charge in [-0.3, -0.25) is 4.79 Å². The van der Waals surface area contributed by atoms with E-state index in [9.17, 15) is 4.79 Å². The second kappa shape index (κ2) is 6.68. The van der Waals surface area contributed by atoms with Gasteiger partial charge in [0.15, 0.2) is 0 Å². The largest absolute Gasteiger partial charge is 0.462 e. The molecule has 0 aliphatic carbocycles. The minimum absolute atomic E-state index is 0.165. The van der Waals surface area contributed by atoms with E-state index in [4.69, 9.17) is 9.47 Å². The zero-order valence-corrected chi connectivity index (χ0v) is 11.5. The van der Waals surface area contributed by atoms with Crippen LogP contribution in [0.1, 0.15) is 25.0 Å². The number of rotatable bonds is 5. The second-order valence-corrected chi connectivity index (χ2v) is 4.99. The van der Waals surface area contributed by atoms with Gasteiger partial charge in [0.25, 0.3) is 0 Å². The Morgan fingerprint density at radius 1 is 1.32 bits per heavy atom. The zero-order chi connectivity index (χ0) is 13.7. The van der Waals surface area contributed by atoms with Crippen LogP contribution in [-0.4, -0.2) is 31.3 Å². The van der Waals surface area contributed by atoms with Crippen molar-refractivity contribution in [2.75, 3.05) is 13.2 Å². The molecule has 0 fully saturated rings. The summed E-state index contributed by atoms with van der Waals surface area (Å²) in [6.07, 6.45) is 0.860. The van der Waals surface area contributed by atoms with Crippen molar-refractivity contribution >= 4 is 5.97 Å². The van der Waals surface area contributed by atoms with Crippen LogP contribution in [0.2, 0.25) is 0 Å². The Kier molecular flexibility index (Phi) is 4.93. The topological polar surface area (TPSA) is 47.6 Å². The number of nitrogens with one attached hydrogen (secondary N) is 1. The number of esters is 1. The third-order valence-corrected chi connectivity index (χ3v) is 3.14. The van der Waals surface area contributed by atoms with E-state index in [1.54, 1.807) is 0 Å². The van der Waals surface area contributed by atoms with Crippen LogP contribution in [0, 0.1) is 0 Å². The van der Waals surface area contributed by atoms with Gasteiger partial charge in [-0.1, -0.05) is 24.3 Å². The SMILES string of the molecule is CC(C)OCCOC(=O)C1Cc2ccccc2CN1. The molecule has 0 saturated carbocycles. The maximum absolute atomic E-state index is 11.9. The Morgan fingerprint density at radius 2 is 2.05 bits per heavy atom. The molecule has 104 valence electrons. The van der Waals surface area contributed by atoms with Crippen molar-refractivity contribution in [3.63, 3.8) is 0 Å². The molecule has 1 aliphatic heterocycles. The van der Waals surface area contributed by atoms with Crippen molar-refractivity contribution < 1.29 is 14.3 Å². The fourth-order valence-electron chi connectivity index (χ4n) is 2.15. The highest BCUT2D eigenvalue weighted by Gasteiger charge is 2.24. The lowest BCUT2D eigenvalue weighted by Gasteiger charge is -2.24. The van der Waals surface area contributed by atoms with Crippen LogP contribution in [0.15, 0.2) is 24.3 Å². The first-order valence-corrected chi connectivity index (χ1v) is 6.75. The second-order valence-electron chi connectivity index (χ2n) is 4.99. The number of carbonyl (C=O) groups is 1. The molecule has 1 aromatic carbocycles. The lowest BCUT2D eigenvalue weighted by atomic mass is 9.96. The third-order valence-electron chi connectivity index (χ3n) is 3.14. The van der Waals surface area contributed by atoms with Crippen molar-refractivity contribution in [3.8, 4) is 0 Å². The van der Waals surface area contributed by atoms with Crippen molar-refractivity contribution in [2.24, 2.45) is 0 Å². The van der Waals surface area contributed by atoms with Crippen LogP contribution < -0.4 is 5.32 Å². The maximum Gasteiger partial charge on any atom is 0.323 e. The minimum atomic E-state index is -0.242. The number of carbonyl (C=O) groups excluding carboxylic acids is 1. The van der Waals surface area contributed by atoms with Crippen LogP contribution >= 0.6 is 0 Å². The Hall–Kier alpha value is -1.39. The normalized spacial score (nSPS) is 18.2. The van der Waals surface area contributed by atoms with Crippen LogP contribution in [0.5, 0.6) is 0 Å². The average molecular weight is 263 g/mol. The van der Waals surface area contributed by atoms with E-state index in [0.29, 0.717) is 19.6 Å². The summed E-state index contributed by atoms with van der Waals surface area (Å²) in [5.41, 5.74) is 2.48. The van der Waals surface area contributed by atoms with Crippen molar-refractivity contribution in [1.29, 1.82) is 0 Å². The number of hydrogen-bond donors (Lipinski definition) is 1. The van der Waals surface area contributed by atoms with Crippen molar-refractivity contribution in [2.45, 2.75) is 39.0 Å². The molecule has 2 rings (SSSR count). The zero-order valence-electron chi connectivity index (χ0n) is 11.5. The first-order valence-electron chi connectivity index (χ1n) is 6.75. The number of benzene rings is 1. The van der Waals surface area contributed by atoms with E-state index in [1.165, 1.54) is 11.1 Å². The smallest absolute Gasteiger partial charge is 0.323 e. The molecule has 1 N–H and O–H groups in total. The van der Waals surface area contributed by atoms with Crippen molar-refractivity contribution in [1.82, 2.24) is 5.32 Å². The quantitative estimate of drug-likeness (QED) is 0.648. The molecular weight excluding hydrogens is 242 g/mol. The fraction of sp³-hybridized carbons (Fsp3) is 0.533. The molecule has 1 aromatic rings. The van der Waals surface area contributed by atoms with Gasteiger partial charge in [-0.05, 0) is 31.4 Å². The van der Waals surface area contributed by atoms with Crippen LogP contribution in [0.25, 0.3) is 0 Å². The molecule has 0 amide bonds. The molecule has 1 atom stereocenters. The average Bonchev–Trinajstić information content (AvgIpc) is 2.42. The lowest BCUT2D eigenvalue weighted by molar-refractivity contribution is -0.148. The summed E-state index contributed by atoms with van der Waals surface area (Å²) in [6, 6.07) is 7.93. The predicted molar refractivity (Wildman–Crippen MR) is 72.8 cm³/mol. The van der Waals surface area contributed by atoms with Gasteiger partial charge in [0.1, 0.15) is 12.6 Å². The number of ether oxygens (including phenoxy) is 2. The summed E-state index contributed by atoms with van der Waals surface area (Å²) < 4.78 is 10.6. The van der Waals surface area contributed by atoms with Gasteiger partial charge in [0.05, 0.1) is 12.7 Å². The third kappa shape index (κ3) is 4.04. The molecular formula is C15H21NO3. The van der Waals surface area contributed by atoms with E-state index >= 15 is 0 Å². The summed E-state index contributed by atoms with van der Waals surface area (Å²) in [5.74, 6) is -0.193. The van der Waals surface area contributed by atoms with E-state index in [0.717, 1.165) is 6.54 Å². The molecule has 0 saturated heterocycles. The number of fused-ring (bicyclic) bond motifs is 1. The van der Waals surface area contributed by atoms with E-state index < -0.39 is 0 Å². The Labute approximate surface area is 114 Å². The van der Waals surface area contributed by atoms with E-state index in [1.807, 2.05) is 26.0 Å². The molecule has 0 aromatic heterocycles. The van der Waals surface area contributed by atoms with Gasteiger partial charge < -0.3 is 14.8 Å². The fourth-order valence-corrected chi connectivity index (χ4v) is 2.15. The van der Waals surface area contributed by atoms with Crippen LogP contribution in [0.4, 0.5) is 0 Å². The molecule has 0 spiro atoms. The van der Waals surface area contributed by atoms with Gasteiger partial charge in [-0.25, -0.2) is 0 Å². The molecule has 1 unspecified atom stereocenters. The molecule has 1 heterocycles. The van der Waals surface area contributed by atoms with Gasteiger partial charge in [0.2, 0.25) is 0 Å². The van der Waals surface area contributed by atoms with Gasteiger partial charge in [-0.2, -0.15) is 0 Å². The summed E-state index contributed by atoms with van der Waals surface area (Å²) >= 11 is 0. The summed E-state index contributed by atoms with van der Waals surface area (Å²) in [6.45, 7) is 5.41. The Morgan fingerprint density at radius 3 is 2.79 bits per heavy atom. The monoisotopic (exact) mass is 263 g/mol. The first kappa shape index (κ1) is 14.0. The lowest BCUT2D eigenvalue weighted by Crippen LogP contribution is -2.43. The molecule has 0 bridgehead atoms. The van der Waals surface area contributed by atoms with Crippen molar-refractivity contribution in [3.05, 3.63) is 35.4 Å².